The maximum Gasteiger partial charge on any atom is 0.238 e. The summed E-state index contributed by atoms with van der Waals surface area (Å²) in [5, 5.41) is 6.06. The molecule has 1 amide bonds. The topological polar surface area (TPSA) is 41.1 Å². The van der Waals surface area contributed by atoms with Crippen molar-refractivity contribution in [2.45, 2.75) is 13.0 Å². The van der Waals surface area contributed by atoms with E-state index in [9.17, 15) is 13.6 Å². The summed E-state index contributed by atoms with van der Waals surface area (Å²) in [5.41, 5.74) is 0.673. The Bertz CT molecular complexity index is 725. The number of hydrogen-bond donors (Lipinski definition) is 2. The molecule has 2 rings (SSSR count). The van der Waals surface area contributed by atoms with E-state index < -0.39 is 17.7 Å². The van der Waals surface area contributed by atoms with E-state index >= 15 is 0 Å². The van der Waals surface area contributed by atoms with Crippen LogP contribution in [0.1, 0.15) is 18.5 Å². The fraction of sp³-hybridized carbons (Fsp3) is 0.188. The number of nitrogens with one attached hydrogen (secondary N) is 2. The SMILES string of the molecule is C[C@H](NCC(=O)Nc1cccc(Cl)c1Cl)c1ccc(F)cc1F. The summed E-state index contributed by atoms with van der Waals surface area (Å²) in [5.74, 6) is -1.67. The van der Waals surface area contributed by atoms with E-state index in [1.165, 1.54) is 12.1 Å². The third-order valence-electron chi connectivity index (χ3n) is 3.22. The van der Waals surface area contributed by atoms with Gasteiger partial charge in [-0.3, -0.25) is 4.79 Å². The summed E-state index contributed by atoms with van der Waals surface area (Å²) >= 11 is 11.8. The molecule has 0 bridgehead atoms. The van der Waals surface area contributed by atoms with Gasteiger partial charge in [0.15, 0.2) is 0 Å². The second kappa shape index (κ2) is 7.73. The Morgan fingerprint density at radius 1 is 1.22 bits per heavy atom. The van der Waals surface area contributed by atoms with E-state index in [0.717, 1.165) is 6.07 Å². The number of carbonyl (C=O) groups is 1. The number of carbonyl (C=O) groups excluding carboxylic acids is 1. The fourth-order valence-electron chi connectivity index (χ4n) is 2.00. The second-order valence-electron chi connectivity index (χ2n) is 4.92. The van der Waals surface area contributed by atoms with Crippen molar-refractivity contribution in [2.75, 3.05) is 11.9 Å². The molecular formula is C16H14Cl2F2N2O. The summed E-state index contributed by atoms with van der Waals surface area (Å²) in [4.78, 5) is 11.9. The number of hydrogen-bond acceptors (Lipinski definition) is 2. The van der Waals surface area contributed by atoms with Crippen LogP contribution in [0.4, 0.5) is 14.5 Å². The minimum atomic E-state index is -0.664. The standard InChI is InChI=1S/C16H14Cl2F2N2O/c1-9(11-6-5-10(19)7-13(11)20)21-8-15(23)22-14-4-2-3-12(17)16(14)18/h2-7,9,21H,8H2,1H3,(H,22,23)/t9-/m0/s1. The van der Waals surface area contributed by atoms with E-state index in [1.54, 1.807) is 25.1 Å². The maximum atomic E-state index is 13.7. The molecule has 1 atom stereocenters. The van der Waals surface area contributed by atoms with Crippen LogP contribution in [0.2, 0.25) is 10.0 Å². The number of halogens is 4. The molecule has 2 aromatic carbocycles. The molecule has 2 aromatic rings. The van der Waals surface area contributed by atoms with Gasteiger partial charge in [0, 0.05) is 17.7 Å². The first kappa shape index (κ1) is 17.7. The lowest BCUT2D eigenvalue weighted by molar-refractivity contribution is -0.115. The number of benzene rings is 2. The van der Waals surface area contributed by atoms with Crippen LogP contribution >= 0.6 is 23.2 Å². The van der Waals surface area contributed by atoms with E-state index in [2.05, 4.69) is 10.6 Å². The summed E-state index contributed by atoms with van der Waals surface area (Å²) in [6, 6.07) is 7.74. The Kier molecular flexibility index (Phi) is 5.93. The molecule has 122 valence electrons. The molecule has 2 N–H and O–H groups in total. The van der Waals surface area contributed by atoms with Crippen molar-refractivity contribution in [3.05, 3.63) is 63.6 Å². The van der Waals surface area contributed by atoms with Crippen LogP contribution in [0.5, 0.6) is 0 Å². The highest BCUT2D eigenvalue weighted by Crippen LogP contribution is 2.29. The average Bonchev–Trinajstić information content (AvgIpc) is 2.49. The molecule has 0 aliphatic rings. The summed E-state index contributed by atoms with van der Waals surface area (Å²) in [7, 11) is 0. The Balaban J connectivity index is 1.95. The van der Waals surface area contributed by atoms with E-state index in [-0.39, 0.29) is 23.0 Å². The monoisotopic (exact) mass is 358 g/mol. The van der Waals surface area contributed by atoms with Crippen molar-refractivity contribution in [3.63, 3.8) is 0 Å². The highest BCUT2D eigenvalue weighted by atomic mass is 35.5. The van der Waals surface area contributed by atoms with Crippen LogP contribution in [0.3, 0.4) is 0 Å². The first-order chi connectivity index (χ1) is 10.9. The highest BCUT2D eigenvalue weighted by molar-refractivity contribution is 6.43. The molecule has 0 heterocycles. The van der Waals surface area contributed by atoms with Gasteiger partial charge in [0.25, 0.3) is 0 Å². The predicted molar refractivity (Wildman–Crippen MR) is 87.9 cm³/mol. The molecule has 0 aromatic heterocycles. The lowest BCUT2D eigenvalue weighted by atomic mass is 10.1. The number of rotatable bonds is 5. The normalized spacial score (nSPS) is 12.0. The van der Waals surface area contributed by atoms with Crippen molar-refractivity contribution < 1.29 is 13.6 Å². The van der Waals surface area contributed by atoms with Crippen LogP contribution in [-0.2, 0) is 4.79 Å². The van der Waals surface area contributed by atoms with E-state index in [0.29, 0.717) is 10.7 Å². The van der Waals surface area contributed by atoms with Gasteiger partial charge >= 0.3 is 0 Å². The zero-order valence-corrected chi connectivity index (χ0v) is 13.7. The fourth-order valence-corrected chi connectivity index (χ4v) is 2.35. The molecule has 0 saturated carbocycles. The molecular weight excluding hydrogens is 345 g/mol. The minimum absolute atomic E-state index is 0.0686. The molecule has 0 radical (unpaired) electrons. The molecule has 0 spiro atoms. The summed E-state index contributed by atoms with van der Waals surface area (Å²) in [6.45, 7) is 1.61. The quantitative estimate of drug-likeness (QED) is 0.822. The van der Waals surface area contributed by atoms with Gasteiger partial charge in [-0.1, -0.05) is 35.3 Å². The predicted octanol–water partition coefficient (Wildman–Crippen LogP) is 4.56. The van der Waals surface area contributed by atoms with Crippen LogP contribution in [0.15, 0.2) is 36.4 Å². The Morgan fingerprint density at radius 2 is 1.96 bits per heavy atom. The lowest BCUT2D eigenvalue weighted by Crippen LogP contribution is -2.30. The molecule has 0 saturated heterocycles. The van der Waals surface area contributed by atoms with Gasteiger partial charge in [0.05, 0.1) is 22.3 Å². The molecule has 23 heavy (non-hydrogen) atoms. The smallest absolute Gasteiger partial charge is 0.238 e. The second-order valence-corrected chi connectivity index (χ2v) is 5.70. The van der Waals surface area contributed by atoms with Gasteiger partial charge in [-0.25, -0.2) is 8.78 Å². The molecule has 0 fully saturated rings. The first-order valence-corrected chi connectivity index (χ1v) is 7.56. The summed E-state index contributed by atoms with van der Waals surface area (Å²) in [6.07, 6.45) is 0. The molecule has 0 unspecified atom stereocenters. The van der Waals surface area contributed by atoms with Gasteiger partial charge in [0.2, 0.25) is 5.91 Å². The van der Waals surface area contributed by atoms with Gasteiger partial charge in [-0.15, -0.1) is 0 Å². The number of anilines is 1. The van der Waals surface area contributed by atoms with Gasteiger partial charge in [-0.05, 0) is 25.1 Å². The van der Waals surface area contributed by atoms with Crippen molar-refractivity contribution in [2.24, 2.45) is 0 Å². The zero-order valence-electron chi connectivity index (χ0n) is 12.2. The zero-order chi connectivity index (χ0) is 17.0. The summed E-state index contributed by atoms with van der Waals surface area (Å²) < 4.78 is 26.5. The molecule has 0 aliphatic carbocycles. The van der Waals surface area contributed by atoms with Crippen LogP contribution < -0.4 is 10.6 Å². The minimum Gasteiger partial charge on any atom is -0.324 e. The first-order valence-electron chi connectivity index (χ1n) is 6.80. The Hall–Kier alpha value is -1.69. The van der Waals surface area contributed by atoms with Crippen molar-refractivity contribution in [3.8, 4) is 0 Å². The van der Waals surface area contributed by atoms with E-state index in [1.807, 2.05) is 0 Å². The molecule has 7 heteroatoms. The lowest BCUT2D eigenvalue weighted by Gasteiger charge is -2.15. The van der Waals surface area contributed by atoms with Crippen molar-refractivity contribution in [1.82, 2.24) is 5.32 Å². The maximum absolute atomic E-state index is 13.7. The van der Waals surface area contributed by atoms with Crippen LogP contribution in [0.25, 0.3) is 0 Å². The van der Waals surface area contributed by atoms with Gasteiger partial charge in [0.1, 0.15) is 11.6 Å². The van der Waals surface area contributed by atoms with Crippen LogP contribution in [0, 0.1) is 11.6 Å². The largest absolute Gasteiger partial charge is 0.324 e. The van der Waals surface area contributed by atoms with E-state index in [4.69, 9.17) is 23.2 Å². The third-order valence-corrected chi connectivity index (χ3v) is 4.04. The van der Waals surface area contributed by atoms with Crippen molar-refractivity contribution in [1.29, 1.82) is 0 Å². The van der Waals surface area contributed by atoms with Crippen molar-refractivity contribution >= 4 is 34.8 Å². The average molecular weight is 359 g/mol. The molecule has 3 nitrogen and oxygen atoms in total. The Morgan fingerprint density at radius 3 is 2.65 bits per heavy atom. The number of amides is 1. The van der Waals surface area contributed by atoms with Crippen LogP contribution in [-0.4, -0.2) is 12.5 Å². The highest BCUT2D eigenvalue weighted by Gasteiger charge is 2.13. The van der Waals surface area contributed by atoms with Gasteiger partial charge < -0.3 is 10.6 Å². The van der Waals surface area contributed by atoms with Gasteiger partial charge in [-0.2, -0.15) is 0 Å². The molecule has 0 aliphatic heterocycles. The Labute approximate surface area is 142 Å². The third kappa shape index (κ3) is 4.64.